The van der Waals surface area contributed by atoms with Crippen LogP contribution in [0.15, 0.2) is 36.7 Å². The Kier molecular flexibility index (Phi) is 4.39. The zero-order valence-electron chi connectivity index (χ0n) is 10.4. The third-order valence-electron chi connectivity index (χ3n) is 2.87. The van der Waals surface area contributed by atoms with Crippen molar-refractivity contribution in [3.05, 3.63) is 52.8 Å². The molecule has 1 N–H and O–H groups in total. The predicted octanol–water partition coefficient (Wildman–Crippen LogP) is 2.70. The van der Waals surface area contributed by atoms with Gasteiger partial charge in [0.1, 0.15) is 0 Å². The van der Waals surface area contributed by atoms with Crippen LogP contribution in [0.2, 0.25) is 5.02 Å². The summed E-state index contributed by atoms with van der Waals surface area (Å²) in [5, 5.41) is 15.0. The van der Waals surface area contributed by atoms with Gasteiger partial charge in [-0.3, -0.25) is 4.68 Å². The summed E-state index contributed by atoms with van der Waals surface area (Å²) in [5.74, 6) is 0. The van der Waals surface area contributed by atoms with Crippen molar-refractivity contribution in [2.24, 2.45) is 0 Å². The van der Waals surface area contributed by atoms with Crippen molar-refractivity contribution in [1.82, 2.24) is 9.78 Å². The second-order valence-corrected chi connectivity index (χ2v) is 4.83. The van der Waals surface area contributed by atoms with E-state index in [1.165, 1.54) is 0 Å². The number of hydrogen-bond donors (Lipinski definition) is 1. The van der Waals surface area contributed by atoms with E-state index >= 15 is 0 Å². The van der Waals surface area contributed by atoms with E-state index in [1.807, 2.05) is 48.3 Å². The number of rotatable bonds is 5. The number of hydrogen-bond acceptors (Lipinski definition) is 2. The molecular weight excluding hydrogens is 248 g/mol. The van der Waals surface area contributed by atoms with E-state index in [0.29, 0.717) is 12.8 Å². The van der Waals surface area contributed by atoms with Crippen molar-refractivity contribution < 1.29 is 5.11 Å². The van der Waals surface area contributed by atoms with Gasteiger partial charge in [-0.05, 0) is 36.6 Å². The number of halogens is 1. The highest BCUT2D eigenvalue weighted by atomic mass is 35.5. The van der Waals surface area contributed by atoms with Crippen LogP contribution in [0.5, 0.6) is 0 Å². The second kappa shape index (κ2) is 6.03. The Hall–Kier alpha value is -1.32. The summed E-state index contributed by atoms with van der Waals surface area (Å²) in [5.41, 5.74) is 2.16. The highest BCUT2D eigenvalue weighted by Gasteiger charge is 2.08. The van der Waals surface area contributed by atoms with E-state index in [0.717, 1.165) is 22.7 Å². The van der Waals surface area contributed by atoms with E-state index < -0.39 is 0 Å². The first-order valence-corrected chi connectivity index (χ1v) is 6.49. The van der Waals surface area contributed by atoms with E-state index in [-0.39, 0.29) is 6.10 Å². The Balaban J connectivity index is 1.91. The minimum absolute atomic E-state index is 0.388. The lowest BCUT2D eigenvalue weighted by Crippen LogP contribution is -2.13. The van der Waals surface area contributed by atoms with Crippen LogP contribution in [0.1, 0.15) is 18.1 Å². The van der Waals surface area contributed by atoms with Crippen LogP contribution in [-0.2, 0) is 19.4 Å². The lowest BCUT2D eigenvalue weighted by atomic mass is 10.0. The van der Waals surface area contributed by atoms with Crippen LogP contribution in [0.3, 0.4) is 0 Å². The van der Waals surface area contributed by atoms with Gasteiger partial charge >= 0.3 is 0 Å². The standard InChI is InChI=1S/C14H17ClN2O/c1-2-17-10-12(9-16-17)8-14(18)7-11-3-5-13(15)6-4-11/h3-6,9-10,14,18H,2,7-8H2,1H3. The molecule has 1 aromatic heterocycles. The lowest BCUT2D eigenvalue weighted by molar-refractivity contribution is 0.175. The van der Waals surface area contributed by atoms with E-state index in [1.54, 1.807) is 0 Å². The quantitative estimate of drug-likeness (QED) is 0.902. The predicted molar refractivity (Wildman–Crippen MR) is 72.8 cm³/mol. The lowest BCUT2D eigenvalue weighted by Gasteiger charge is -2.09. The van der Waals surface area contributed by atoms with Crippen LogP contribution in [0.25, 0.3) is 0 Å². The molecule has 1 atom stereocenters. The molecule has 1 heterocycles. The molecule has 0 spiro atoms. The van der Waals surface area contributed by atoms with Crippen molar-refractivity contribution in [1.29, 1.82) is 0 Å². The van der Waals surface area contributed by atoms with Gasteiger partial charge in [0.25, 0.3) is 0 Å². The molecule has 0 bridgehead atoms. The maximum absolute atomic E-state index is 10.0. The minimum Gasteiger partial charge on any atom is -0.392 e. The van der Waals surface area contributed by atoms with Gasteiger partial charge in [0, 0.05) is 24.2 Å². The highest BCUT2D eigenvalue weighted by Crippen LogP contribution is 2.13. The summed E-state index contributed by atoms with van der Waals surface area (Å²) in [6.07, 6.45) is 4.66. The Labute approximate surface area is 112 Å². The topological polar surface area (TPSA) is 38.0 Å². The summed E-state index contributed by atoms with van der Waals surface area (Å²) in [6, 6.07) is 7.58. The maximum Gasteiger partial charge on any atom is 0.0622 e. The van der Waals surface area contributed by atoms with E-state index in [4.69, 9.17) is 11.6 Å². The number of benzene rings is 1. The largest absolute Gasteiger partial charge is 0.392 e. The molecule has 2 aromatic rings. The SMILES string of the molecule is CCn1cc(CC(O)Cc2ccc(Cl)cc2)cn1. The molecule has 0 amide bonds. The monoisotopic (exact) mass is 264 g/mol. The van der Waals surface area contributed by atoms with Crippen LogP contribution in [-0.4, -0.2) is 21.0 Å². The van der Waals surface area contributed by atoms with Crippen molar-refractivity contribution in [3.63, 3.8) is 0 Å². The van der Waals surface area contributed by atoms with Gasteiger partial charge in [-0.15, -0.1) is 0 Å². The first kappa shape index (κ1) is 13.1. The maximum atomic E-state index is 10.0. The third-order valence-corrected chi connectivity index (χ3v) is 3.12. The molecule has 0 aliphatic heterocycles. The molecule has 18 heavy (non-hydrogen) atoms. The fourth-order valence-corrected chi connectivity index (χ4v) is 2.05. The Morgan fingerprint density at radius 1 is 1.22 bits per heavy atom. The average Bonchev–Trinajstić information content (AvgIpc) is 2.79. The molecule has 0 saturated heterocycles. The Morgan fingerprint density at radius 3 is 2.50 bits per heavy atom. The molecule has 0 saturated carbocycles. The van der Waals surface area contributed by atoms with Gasteiger partial charge < -0.3 is 5.11 Å². The number of aliphatic hydroxyl groups excluding tert-OH is 1. The summed E-state index contributed by atoms with van der Waals surface area (Å²) in [7, 11) is 0. The fourth-order valence-electron chi connectivity index (χ4n) is 1.92. The minimum atomic E-state index is -0.388. The van der Waals surface area contributed by atoms with Gasteiger partial charge in [0.05, 0.1) is 12.3 Å². The molecule has 0 fully saturated rings. The highest BCUT2D eigenvalue weighted by molar-refractivity contribution is 6.30. The van der Waals surface area contributed by atoms with Gasteiger partial charge in [0.15, 0.2) is 0 Å². The number of aliphatic hydroxyl groups is 1. The Bertz CT molecular complexity index is 493. The van der Waals surface area contributed by atoms with Crippen LogP contribution in [0, 0.1) is 0 Å². The molecule has 1 aromatic carbocycles. The van der Waals surface area contributed by atoms with Crippen LogP contribution < -0.4 is 0 Å². The van der Waals surface area contributed by atoms with Crippen molar-refractivity contribution in [3.8, 4) is 0 Å². The summed E-state index contributed by atoms with van der Waals surface area (Å²) >= 11 is 5.82. The average molecular weight is 265 g/mol. The number of aromatic nitrogens is 2. The molecule has 3 nitrogen and oxygen atoms in total. The first-order valence-electron chi connectivity index (χ1n) is 6.11. The normalized spacial score (nSPS) is 12.6. The molecule has 2 rings (SSSR count). The zero-order chi connectivity index (χ0) is 13.0. The molecule has 1 unspecified atom stereocenters. The second-order valence-electron chi connectivity index (χ2n) is 4.39. The summed E-state index contributed by atoms with van der Waals surface area (Å²) in [6.45, 7) is 2.90. The molecular formula is C14H17ClN2O. The van der Waals surface area contributed by atoms with E-state index in [9.17, 15) is 5.11 Å². The first-order chi connectivity index (χ1) is 8.67. The molecule has 0 radical (unpaired) electrons. The van der Waals surface area contributed by atoms with Gasteiger partial charge in [0.2, 0.25) is 0 Å². The molecule has 4 heteroatoms. The molecule has 0 aliphatic rings. The summed E-state index contributed by atoms with van der Waals surface area (Å²) < 4.78 is 1.87. The third kappa shape index (κ3) is 3.59. The smallest absolute Gasteiger partial charge is 0.0622 e. The van der Waals surface area contributed by atoms with E-state index in [2.05, 4.69) is 5.10 Å². The zero-order valence-corrected chi connectivity index (χ0v) is 11.1. The number of nitrogens with zero attached hydrogens (tertiary/aromatic N) is 2. The Morgan fingerprint density at radius 2 is 1.89 bits per heavy atom. The van der Waals surface area contributed by atoms with Gasteiger partial charge in [-0.1, -0.05) is 23.7 Å². The molecule has 0 aliphatic carbocycles. The van der Waals surface area contributed by atoms with Gasteiger partial charge in [-0.2, -0.15) is 5.10 Å². The fraction of sp³-hybridized carbons (Fsp3) is 0.357. The molecule has 96 valence electrons. The van der Waals surface area contributed by atoms with Crippen molar-refractivity contribution >= 4 is 11.6 Å². The summed E-state index contributed by atoms with van der Waals surface area (Å²) in [4.78, 5) is 0. The van der Waals surface area contributed by atoms with Crippen molar-refractivity contribution in [2.45, 2.75) is 32.4 Å². The number of aryl methyl sites for hydroxylation is 1. The van der Waals surface area contributed by atoms with Crippen LogP contribution >= 0.6 is 11.6 Å². The van der Waals surface area contributed by atoms with Gasteiger partial charge in [-0.25, -0.2) is 0 Å². The van der Waals surface area contributed by atoms with Crippen LogP contribution in [0.4, 0.5) is 0 Å². The van der Waals surface area contributed by atoms with Crippen molar-refractivity contribution in [2.75, 3.05) is 0 Å².